The molecule has 138 valence electrons. The molecule has 2 aromatic rings. The van der Waals surface area contributed by atoms with Gasteiger partial charge in [0.25, 0.3) is 0 Å². The minimum atomic E-state index is 0. The fraction of sp³-hybridized carbons (Fsp3) is 0.444. The number of aryl methyl sites for hydroxylation is 2. The first-order valence-electron chi connectivity index (χ1n) is 8.36. The number of halogens is 1. The molecule has 0 amide bonds. The zero-order chi connectivity index (χ0) is 17.2. The molecular formula is C18H28IN5O. The van der Waals surface area contributed by atoms with Crippen LogP contribution in [0.1, 0.15) is 24.5 Å². The molecule has 0 saturated heterocycles. The Bertz CT molecular complexity index is 643. The van der Waals surface area contributed by atoms with Crippen molar-refractivity contribution in [1.82, 2.24) is 20.4 Å². The number of guanidine groups is 1. The molecule has 6 nitrogen and oxygen atoms in total. The topological polar surface area (TPSA) is 63.5 Å². The lowest BCUT2D eigenvalue weighted by atomic mass is 10.1. The van der Waals surface area contributed by atoms with Gasteiger partial charge in [0.1, 0.15) is 5.75 Å². The highest BCUT2D eigenvalue weighted by molar-refractivity contribution is 14.0. The van der Waals surface area contributed by atoms with E-state index in [4.69, 9.17) is 4.74 Å². The van der Waals surface area contributed by atoms with E-state index in [9.17, 15) is 0 Å². The fourth-order valence-corrected chi connectivity index (χ4v) is 2.37. The van der Waals surface area contributed by atoms with Gasteiger partial charge >= 0.3 is 0 Å². The van der Waals surface area contributed by atoms with Crippen molar-refractivity contribution < 1.29 is 4.74 Å². The third-order valence-corrected chi connectivity index (χ3v) is 3.61. The van der Waals surface area contributed by atoms with Crippen LogP contribution in [-0.2, 0) is 13.1 Å². The number of aromatic nitrogens is 2. The van der Waals surface area contributed by atoms with Crippen molar-refractivity contribution in [2.75, 3.05) is 20.2 Å². The van der Waals surface area contributed by atoms with Crippen LogP contribution in [0.5, 0.6) is 5.75 Å². The third-order valence-electron chi connectivity index (χ3n) is 3.61. The molecule has 0 aliphatic carbocycles. The normalized spacial score (nSPS) is 10.9. The summed E-state index contributed by atoms with van der Waals surface area (Å²) in [6.45, 7) is 7.27. The van der Waals surface area contributed by atoms with Gasteiger partial charge in [-0.15, -0.1) is 24.0 Å². The number of hydrogen-bond donors (Lipinski definition) is 2. The highest BCUT2D eigenvalue weighted by Gasteiger charge is 2.03. The average Bonchev–Trinajstić information content (AvgIpc) is 3.10. The Labute approximate surface area is 167 Å². The average molecular weight is 457 g/mol. The van der Waals surface area contributed by atoms with E-state index >= 15 is 0 Å². The lowest BCUT2D eigenvalue weighted by molar-refractivity contribution is 0.409. The SMILES string of the molecule is CCNC(=NCc1ccc(C)cc1OC)NCCCn1cccn1.I. The summed E-state index contributed by atoms with van der Waals surface area (Å²) in [5.74, 6) is 1.70. The lowest BCUT2D eigenvalue weighted by Crippen LogP contribution is -2.38. The van der Waals surface area contributed by atoms with Gasteiger partial charge in [-0.2, -0.15) is 5.10 Å². The van der Waals surface area contributed by atoms with Gasteiger partial charge < -0.3 is 15.4 Å². The van der Waals surface area contributed by atoms with Gasteiger partial charge in [0.2, 0.25) is 0 Å². The number of nitrogens with zero attached hydrogens (tertiary/aromatic N) is 3. The molecule has 0 aliphatic rings. The maximum absolute atomic E-state index is 5.44. The van der Waals surface area contributed by atoms with E-state index in [0.717, 1.165) is 43.3 Å². The van der Waals surface area contributed by atoms with E-state index in [-0.39, 0.29) is 24.0 Å². The highest BCUT2D eigenvalue weighted by Crippen LogP contribution is 2.20. The molecule has 25 heavy (non-hydrogen) atoms. The van der Waals surface area contributed by atoms with Gasteiger partial charge in [0.15, 0.2) is 5.96 Å². The zero-order valence-corrected chi connectivity index (χ0v) is 17.5. The fourth-order valence-electron chi connectivity index (χ4n) is 2.37. The molecular weight excluding hydrogens is 429 g/mol. The molecule has 7 heteroatoms. The van der Waals surface area contributed by atoms with Crippen molar-refractivity contribution >= 4 is 29.9 Å². The molecule has 0 unspecified atom stereocenters. The maximum Gasteiger partial charge on any atom is 0.191 e. The van der Waals surface area contributed by atoms with Gasteiger partial charge in [0, 0.05) is 37.6 Å². The van der Waals surface area contributed by atoms with Crippen LogP contribution in [0, 0.1) is 6.92 Å². The quantitative estimate of drug-likeness (QED) is 0.277. The largest absolute Gasteiger partial charge is 0.496 e. The summed E-state index contributed by atoms with van der Waals surface area (Å²) in [6, 6.07) is 8.12. The molecule has 0 saturated carbocycles. The van der Waals surface area contributed by atoms with E-state index in [1.54, 1.807) is 13.3 Å². The van der Waals surface area contributed by atoms with Crippen LogP contribution in [0.15, 0.2) is 41.7 Å². The molecule has 2 N–H and O–H groups in total. The van der Waals surface area contributed by atoms with Crippen molar-refractivity contribution in [3.8, 4) is 5.75 Å². The molecule has 0 atom stereocenters. The Hall–Kier alpha value is -1.77. The smallest absolute Gasteiger partial charge is 0.191 e. The van der Waals surface area contributed by atoms with E-state index in [2.05, 4.69) is 46.7 Å². The highest BCUT2D eigenvalue weighted by atomic mass is 127. The third kappa shape index (κ3) is 7.33. The van der Waals surface area contributed by atoms with Gasteiger partial charge in [-0.05, 0) is 38.0 Å². The van der Waals surface area contributed by atoms with Crippen molar-refractivity contribution in [3.63, 3.8) is 0 Å². The molecule has 0 radical (unpaired) electrons. The van der Waals surface area contributed by atoms with Crippen LogP contribution in [0.3, 0.4) is 0 Å². The van der Waals surface area contributed by atoms with Gasteiger partial charge in [-0.1, -0.05) is 12.1 Å². The molecule has 0 bridgehead atoms. The van der Waals surface area contributed by atoms with Crippen molar-refractivity contribution in [2.45, 2.75) is 33.4 Å². The molecule has 0 aliphatic heterocycles. The lowest BCUT2D eigenvalue weighted by Gasteiger charge is -2.12. The first-order chi connectivity index (χ1) is 11.7. The van der Waals surface area contributed by atoms with E-state index in [1.807, 2.05) is 23.0 Å². The second-order valence-electron chi connectivity index (χ2n) is 5.56. The van der Waals surface area contributed by atoms with Crippen LogP contribution in [0.2, 0.25) is 0 Å². The molecule has 1 aromatic carbocycles. The predicted molar refractivity (Wildman–Crippen MR) is 113 cm³/mol. The van der Waals surface area contributed by atoms with Crippen LogP contribution in [-0.4, -0.2) is 35.9 Å². The summed E-state index contributed by atoms with van der Waals surface area (Å²) in [4.78, 5) is 4.65. The summed E-state index contributed by atoms with van der Waals surface area (Å²) in [7, 11) is 1.70. The number of benzene rings is 1. The van der Waals surface area contributed by atoms with Crippen LogP contribution in [0.25, 0.3) is 0 Å². The van der Waals surface area contributed by atoms with Crippen molar-refractivity contribution in [2.24, 2.45) is 4.99 Å². The Morgan fingerprint density at radius 1 is 1.32 bits per heavy atom. The van der Waals surface area contributed by atoms with Crippen LogP contribution < -0.4 is 15.4 Å². The van der Waals surface area contributed by atoms with Gasteiger partial charge in [-0.25, -0.2) is 4.99 Å². The second kappa shape index (κ2) is 11.7. The van der Waals surface area contributed by atoms with Crippen LogP contribution >= 0.6 is 24.0 Å². The number of nitrogens with one attached hydrogen (secondary N) is 2. The Morgan fingerprint density at radius 3 is 2.84 bits per heavy atom. The summed E-state index contributed by atoms with van der Waals surface area (Å²) >= 11 is 0. The summed E-state index contributed by atoms with van der Waals surface area (Å²) < 4.78 is 7.37. The summed E-state index contributed by atoms with van der Waals surface area (Å²) in [5, 5.41) is 10.8. The molecule has 1 heterocycles. The summed E-state index contributed by atoms with van der Waals surface area (Å²) in [5.41, 5.74) is 2.26. The van der Waals surface area contributed by atoms with Gasteiger partial charge in [-0.3, -0.25) is 4.68 Å². The molecule has 0 spiro atoms. The Balaban J connectivity index is 0.00000312. The number of hydrogen-bond acceptors (Lipinski definition) is 3. The minimum absolute atomic E-state index is 0. The maximum atomic E-state index is 5.44. The first kappa shape index (κ1) is 21.3. The monoisotopic (exact) mass is 457 g/mol. The number of ether oxygens (including phenoxy) is 1. The molecule has 1 aromatic heterocycles. The standard InChI is InChI=1S/C18H27N5O.HI/c1-4-19-18(20-9-5-11-23-12-6-10-22-23)21-14-16-8-7-15(2)13-17(16)24-3;/h6-8,10,12-13H,4-5,9,11,14H2,1-3H3,(H2,19,20,21);1H. The Kier molecular flexibility index (Phi) is 9.98. The number of rotatable bonds is 8. The van der Waals surface area contributed by atoms with E-state index in [1.165, 1.54) is 5.56 Å². The first-order valence-corrected chi connectivity index (χ1v) is 8.36. The van der Waals surface area contributed by atoms with Crippen LogP contribution in [0.4, 0.5) is 0 Å². The molecule has 0 fully saturated rings. The number of methoxy groups -OCH3 is 1. The molecule has 2 rings (SSSR count). The van der Waals surface area contributed by atoms with Crippen molar-refractivity contribution in [1.29, 1.82) is 0 Å². The van der Waals surface area contributed by atoms with E-state index < -0.39 is 0 Å². The number of aliphatic imine (C=N–C) groups is 1. The van der Waals surface area contributed by atoms with Gasteiger partial charge in [0.05, 0.1) is 13.7 Å². The van der Waals surface area contributed by atoms with Crippen molar-refractivity contribution in [3.05, 3.63) is 47.8 Å². The zero-order valence-electron chi connectivity index (χ0n) is 15.2. The minimum Gasteiger partial charge on any atom is -0.496 e. The Morgan fingerprint density at radius 2 is 2.16 bits per heavy atom. The van der Waals surface area contributed by atoms with E-state index in [0.29, 0.717) is 6.54 Å². The predicted octanol–water partition coefficient (Wildman–Crippen LogP) is 2.96. The second-order valence-corrected chi connectivity index (χ2v) is 5.56. The summed E-state index contributed by atoms with van der Waals surface area (Å²) in [6.07, 6.45) is 4.76.